The summed E-state index contributed by atoms with van der Waals surface area (Å²) in [4.78, 5) is 43.7. The topological polar surface area (TPSA) is 96.3 Å². The number of carbonyl (C=O) groups is 3. The van der Waals surface area contributed by atoms with Gasteiger partial charge in [0.1, 0.15) is 17.3 Å². The van der Waals surface area contributed by atoms with Crippen LogP contribution in [0.4, 0.5) is 14.5 Å². The number of hydrogen-bond acceptors (Lipinski definition) is 4. The van der Waals surface area contributed by atoms with Crippen molar-refractivity contribution < 1.29 is 23.2 Å². The van der Waals surface area contributed by atoms with E-state index >= 15 is 0 Å². The molecule has 0 unspecified atom stereocenters. The van der Waals surface area contributed by atoms with E-state index in [-0.39, 0.29) is 40.1 Å². The number of imidazole rings is 1. The molecule has 0 atom stereocenters. The predicted octanol–water partition coefficient (Wildman–Crippen LogP) is 4.61. The van der Waals surface area contributed by atoms with Gasteiger partial charge in [0.15, 0.2) is 0 Å². The van der Waals surface area contributed by atoms with Crippen LogP contribution < -0.4 is 10.6 Å². The lowest BCUT2D eigenvalue weighted by atomic mass is 9.97. The summed E-state index contributed by atoms with van der Waals surface area (Å²) in [6, 6.07) is 13.2. The molecule has 3 aromatic carbocycles. The van der Waals surface area contributed by atoms with Crippen molar-refractivity contribution in [2.24, 2.45) is 0 Å². The molecular weight excluding hydrogens is 528 g/mol. The molecular formula is C28H22ClF2N5O3. The van der Waals surface area contributed by atoms with E-state index in [9.17, 15) is 23.2 Å². The fraction of sp³-hybridized carbons (Fsp3) is 0.143. The molecule has 2 N–H and O–H groups in total. The Morgan fingerprint density at radius 2 is 1.77 bits per heavy atom. The van der Waals surface area contributed by atoms with Crippen molar-refractivity contribution in [2.75, 3.05) is 18.9 Å². The molecule has 0 saturated heterocycles. The van der Waals surface area contributed by atoms with Gasteiger partial charge >= 0.3 is 0 Å². The zero-order chi connectivity index (χ0) is 27.7. The van der Waals surface area contributed by atoms with Crippen LogP contribution in [0.5, 0.6) is 0 Å². The second-order valence-corrected chi connectivity index (χ2v) is 9.37. The van der Waals surface area contributed by atoms with Crippen LogP contribution in [-0.4, -0.2) is 45.8 Å². The molecule has 0 fully saturated rings. The largest absolute Gasteiger partial charge is 0.355 e. The number of nitrogens with one attached hydrogen (secondary N) is 2. The molecule has 0 saturated carbocycles. The molecule has 1 aliphatic heterocycles. The fourth-order valence-corrected chi connectivity index (χ4v) is 4.63. The summed E-state index contributed by atoms with van der Waals surface area (Å²) in [5.74, 6) is -2.72. The first-order valence-corrected chi connectivity index (χ1v) is 12.3. The van der Waals surface area contributed by atoms with Crippen LogP contribution in [0.25, 0.3) is 5.69 Å². The Hall–Kier alpha value is -4.57. The van der Waals surface area contributed by atoms with Crippen LogP contribution in [0.2, 0.25) is 5.02 Å². The van der Waals surface area contributed by atoms with Gasteiger partial charge in [0, 0.05) is 36.4 Å². The number of benzene rings is 3. The minimum absolute atomic E-state index is 0.130. The number of hydrogen-bond donors (Lipinski definition) is 2. The number of nitrogens with zero attached hydrogens (tertiary/aromatic N) is 3. The molecule has 0 aliphatic carbocycles. The number of fused-ring (bicyclic) bond motifs is 1. The SMILES string of the molecule is CNC(=O)c1ccc(NC(=O)c2ccc3c(c2)CN(C(=O)c2cncn2-c2ccc(Cl)cc2F)CC3)cc1F. The Kier molecular flexibility index (Phi) is 7.12. The van der Waals surface area contributed by atoms with Gasteiger partial charge in [-0.25, -0.2) is 13.8 Å². The zero-order valence-corrected chi connectivity index (χ0v) is 21.4. The Morgan fingerprint density at radius 1 is 0.949 bits per heavy atom. The second kappa shape index (κ2) is 10.7. The highest BCUT2D eigenvalue weighted by Gasteiger charge is 2.26. The summed E-state index contributed by atoms with van der Waals surface area (Å²) in [6.07, 6.45) is 3.31. The maximum Gasteiger partial charge on any atom is 0.272 e. The molecule has 8 nitrogen and oxygen atoms in total. The minimum atomic E-state index is -0.760. The van der Waals surface area contributed by atoms with Gasteiger partial charge in [-0.2, -0.15) is 0 Å². The predicted molar refractivity (Wildman–Crippen MR) is 141 cm³/mol. The first-order valence-electron chi connectivity index (χ1n) is 12.0. The van der Waals surface area contributed by atoms with Gasteiger partial charge in [0.2, 0.25) is 0 Å². The van der Waals surface area contributed by atoms with Crippen LogP contribution in [0.1, 0.15) is 42.3 Å². The average Bonchev–Trinajstić information content (AvgIpc) is 3.41. The quantitative estimate of drug-likeness (QED) is 0.380. The van der Waals surface area contributed by atoms with Crippen LogP contribution in [0.3, 0.4) is 0 Å². The maximum absolute atomic E-state index is 14.5. The standard InChI is InChI=1S/C28H22ClF2N5O3/c1-32-27(38)21-6-5-20(12-22(21)30)34-26(37)17-3-2-16-8-9-35(14-18(16)10-17)28(39)25-13-33-15-36(25)24-7-4-19(29)11-23(24)31/h2-7,10-13,15H,8-9,14H2,1H3,(H,32,38)(H,34,37). The molecule has 3 amide bonds. The highest BCUT2D eigenvalue weighted by molar-refractivity contribution is 6.30. The number of aromatic nitrogens is 2. The molecule has 0 spiro atoms. The third kappa shape index (κ3) is 5.23. The first-order chi connectivity index (χ1) is 18.7. The van der Waals surface area contributed by atoms with Crippen molar-refractivity contribution in [1.82, 2.24) is 19.8 Å². The summed E-state index contributed by atoms with van der Waals surface area (Å²) in [6.45, 7) is 0.668. The molecule has 0 radical (unpaired) electrons. The van der Waals surface area contributed by atoms with E-state index < -0.39 is 23.4 Å². The lowest BCUT2D eigenvalue weighted by Crippen LogP contribution is -2.37. The lowest BCUT2D eigenvalue weighted by molar-refractivity contribution is 0.0726. The van der Waals surface area contributed by atoms with E-state index in [1.54, 1.807) is 17.0 Å². The van der Waals surface area contributed by atoms with E-state index in [1.165, 1.54) is 54.5 Å². The third-order valence-corrected chi connectivity index (χ3v) is 6.73. The molecule has 39 heavy (non-hydrogen) atoms. The number of carbonyl (C=O) groups excluding carboxylic acids is 3. The van der Waals surface area contributed by atoms with Gasteiger partial charge in [-0.3, -0.25) is 19.0 Å². The average molecular weight is 550 g/mol. The Morgan fingerprint density at radius 3 is 2.51 bits per heavy atom. The minimum Gasteiger partial charge on any atom is -0.355 e. The lowest BCUT2D eigenvalue weighted by Gasteiger charge is -2.29. The summed E-state index contributed by atoms with van der Waals surface area (Å²) in [5.41, 5.74) is 2.51. The van der Waals surface area contributed by atoms with Crippen molar-refractivity contribution in [2.45, 2.75) is 13.0 Å². The van der Waals surface area contributed by atoms with Crippen molar-refractivity contribution in [3.8, 4) is 5.69 Å². The Labute approximate surface area is 227 Å². The van der Waals surface area contributed by atoms with Gasteiger partial charge in [0.25, 0.3) is 17.7 Å². The summed E-state index contributed by atoms with van der Waals surface area (Å²) in [7, 11) is 1.40. The smallest absolute Gasteiger partial charge is 0.272 e. The molecule has 0 bridgehead atoms. The molecule has 5 rings (SSSR count). The highest BCUT2D eigenvalue weighted by Crippen LogP contribution is 2.25. The summed E-state index contributed by atoms with van der Waals surface area (Å²) in [5, 5.41) is 5.22. The van der Waals surface area contributed by atoms with Crippen molar-refractivity contribution >= 4 is 35.0 Å². The Balaban J connectivity index is 1.33. The molecule has 198 valence electrons. The van der Waals surface area contributed by atoms with E-state index in [0.29, 0.717) is 18.5 Å². The monoisotopic (exact) mass is 549 g/mol. The van der Waals surface area contributed by atoms with Gasteiger partial charge < -0.3 is 15.5 Å². The van der Waals surface area contributed by atoms with E-state index in [4.69, 9.17) is 11.6 Å². The van der Waals surface area contributed by atoms with Crippen molar-refractivity contribution in [3.63, 3.8) is 0 Å². The highest BCUT2D eigenvalue weighted by atomic mass is 35.5. The molecule has 1 aromatic heterocycles. The Bertz CT molecular complexity index is 1620. The van der Waals surface area contributed by atoms with Crippen LogP contribution in [0, 0.1) is 11.6 Å². The normalized spacial score (nSPS) is 12.6. The molecule has 4 aromatic rings. The van der Waals surface area contributed by atoms with E-state index in [0.717, 1.165) is 17.2 Å². The van der Waals surface area contributed by atoms with E-state index in [2.05, 4.69) is 15.6 Å². The second-order valence-electron chi connectivity index (χ2n) is 8.93. The molecule has 2 heterocycles. The van der Waals surface area contributed by atoms with Gasteiger partial charge in [-0.1, -0.05) is 17.7 Å². The van der Waals surface area contributed by atoms with Crippen LogP contribution >= 0.6 is 11.6 Å². The number of anilines is 1. The number of rotatable bonds is 5. The maximum atomic E-state index is 14.5. The van der Waals surface area contributed by atoms with Gasteiger partial charge in [0.05, 0.1) is 23.8 Å². The first kappa shape index (κ1) is 26.1. The van der Waals surface area contributed by atoms with Gasteiger partial charge in [-0.15, -0.1) is 0 Å². The third-order valence-electron chi connectivity index (χ3n) is 6.49. The number of halogens is 3. The summed E-state index contributed by atoms with van der Waals surface area (Å²) < 4.78 is 30.2. The van der Waals surface area contributed by atoms with Crippen molar-refractivity contribution in [3.05, 3.63) is 112 Å². The fourth-order valence-electron chi connectivity index (χ4n) is 4.47. The number of amides is 3. The van der Waals surface area contributed by atoms with Gasteiger partial charge in [-0.05, 0) is 66.1 Å². The zero-order valence-electron chi connectivity index (χ0n) is 20.7. The molecule has 11 heteroatoms. The summed E-state index contributed by atoms with van der Waals surface area (Å²) >= 11 is 5.86. The van der Waals surface area contributed by atoms with E-state index in [1.807, 2.05) is 6.07 Å². The van der Waals surface area contributed by atoms with Crippen LogP contribution in [-0.2, 0) is 13.0 Å². The van der Waals surface area contributed by atoms with Crippen molar-refractivity contribution in [1.29, 1.82) is 0 Å². The van der Waals surface area contributed by atoms with Crippen LogP contribution in [0.15, 0.2) is 67.1 Å². The molecule has 1 aliphatic rings.